The van der Waals surface area contributed by atoms with E-state index in [1.54, 1.807) is 0 Å². The van der Waals surface area contributed by atoms with Gasteiger partial charge in [0.2, 0.25) is 0 Å². The number of hydrogen-bond donors (Lipinski definition) is 1. The molecule has 0 radical (unpaired) electrons. The minimum absolute atomic E-state index is 0.0815. The summed E-state index contributed by atoms with van der Waals surface area (Å²) in [6.07, 6.45) is 0. The highest BCUT2D eigenvalue weighted by atomic mass is 32.2. The van der Waals surface area contributed by atoms with Crippen LogP contribution >= 0.6 is 0 Å². The quantitative estimate of drug-likeness (QED) is 0.867. The molecular weight excluding hydrogens is 220 g/mol. The Hall–Kier alpha value is -0.710. The molecule has 0 saturated carbocycles. The molecule has 0 aliphatic carbocycles. The smallest absolute Gasteiger partial charge is 0.122 e. The standard InChI is InChI=1S/C12H20N2OS/c1-12(2,9-14(3)4)10-5-7-11(8-6-10)16(13)15/h5-8H,9,13H2,1-4H3. The van der Waals surface area contributed by atoms with Crippen molar-refractivity contribution in [3.8, 4) is 0 Å². The number of benzene rings is 1. The van der Waals surface area contributed by atoms with E-state index >= 15 is 0 Å². The average Bonchev–Trinajstić information content (AvgIpc) is 2.16. The van der Waals surface area contributed by atoms with Gasteiger partial charge in [0, 0.05) is 12.0 Å². The van der Waals surface area contributed by atoms with Gasteiger partial charge in [0.25, 0.3) is 0 Å². The molecule has 4 heteroatoms. The summed E-state index contributed by atoms with van der Waals surface area (Å²) in [5, 5.41) is 5.32. The van der Waals surface area contributed by atoms with Crippen LogP contribution in [-0.4, -0.2) is 29.7 Å². The molecule has 0 aliphatic heterocycles. The van der Waals surface area contributed by atoms with Gasteiger partial charge in [-0.2, -0.15) is 0 Å². The summed E-state index contributed by atoms with van der Waals surface area (Å²) < 4.78 is 11.1. The summed E-state index contributed by atoms with van der Waals surface area (Å²) in [5.74, 6) is 0. The third kappa shape index (κ3) is 3.40. The number of likely N-dealkylation sites (N-methyl/N-ethyl adjacent to an activating group) is 1. The maximum atomic E-state index is 11.1. The Morgan fingerprint density at radius 1 is 1.25 bits per heavy atom. The van der Waals surface area contributed by atoms with Crippen LogP contribution in [0.5, 0.6) is 0 Å². The number of nitrogens with two attached hydrogens (primary N) is 1. The van der Waals surface area contributed by atoms with Crippen LogP contribution in [0.1, 0.15) is 19.4 Å². The Balaban J connectivity index is 2.92. The Labute approximate surface area is 100 Å². The van der Waals surface area contributed by atoms with Crippen molar-refractivity contribution in [2.24, 2.45) is 5.14 Å². The highest BCUT2D eigenvalue weighted by Crippen LogP contribution is 2.24. The molecule has 1 aromatic rings. The number of rotatable bonds is 4. The summed E-state index contributed by atoms with van der Waals surface area (Å²) in [7, 11) is 2.74. The van der Waals surface area contributed by atoms with Gasteiger partial charge in [-0.1, -0.05) is 26.0 Å². The molecule has 0 saturated heterocycles. The molecule has 16 heavy (non-hydrogen) atoms. The Kier molecular flexibility index (Phi) is 4.24. The lowest BCUT2D eigenvalue weighted by atomic mass is 9.84. The molecule has 0 aliphatic rings. The maximum absolute atomic E-state index is 11.1. The second-order valence-corrected chi connectivity index (χ2v) is 6.01. The van der Waals surface area contributed by atoms with Crippen LogP contribution in [0.15, 0.2) is 29.2 Å². The maximum Gasteiger partial charge on any atom is 0.122 e. The summed E-state index contributed by atoms with van der Waals surface area (Å²) in [6, 6.07) is 7.68. The van der Waals surface area contributed by atoms with E-state index in [1.165, 1.54) is 5.56 Å². The largest absolute Gasteiger partial charge is 0.309 e. The van der Waals surface area contributed by atoms with E-state index in [-0.39, 0.29) is 5.41 Å². The number of hydrogen-bond acceptors (Lipinski definition) is 2. The highest BCUT2D eigenvalue weighted by Gasteiger charge is 2.21. The number of nitrogens with zero attached hydrogens (tertiary/aromatic N) is 1. The van der Waals surface area contributed by atoms with Crippen LogP contribution in [0, 0.1) is 0 Å². The first-order chi connectivity index (χ1) is 7.33. The third-order valence-electron chi connectivity index (χ3n) is 2.58. The Bertz CT molecular complexity index is 371. The van der Waals surface area contributed by atoms with Gasteiger partial charge in [-0.25, -0.2) is 9.35 Å². The summed E-state index contributed by atoms with van der Waals surface area (Å²) in [4.78, 5) is 2.83. The molecule has 1 atom stereocenters. The summed E-state index contributed by atoms with van der Waals surface area (Å²) in [6.45, 7) is 5.36. The van der Waals surface area contributed by atoms with E-state index < -0.39 is 11.0 Å². The van der Waals surface area contributed by atoms with Crippen LogP contribution in [0.25, 0.3) is 0 Å². The minimum atomic E-state index is -1.39. The van der Waals surface area contributed by atoms with Crippen molar-refractivity contribution in [1.82, 2.24) is 4.90 Å². The molecule has 0 aromatic heterocycles. The normalized spacial score (nSPS) is 14.1. The van der Waals surface area contributed by atoms with Gasteiger partial charge in [0.05, 0.1) is 4.90 Å². The molecule has 1 rings (SSSR count). The minimum Gasteiger partial charge on any atom is -0.309 e. The molecule has 0 amide bonds. The van der Waals surface area contributed by atoms with E-state index in [0.717, 1.165) is 6.54 Å². The van der Waals surface area contributed by atoms with Crippen molar-refractivity contribution in [1.29, 1.82) is 0 Å². The zero-order valence-corrected chi connectivity index (χ0v) is 11.2. The first kappa shape index (κ1) is 13.4. The van der Waals surface area contributed by atoms with E-state index in [9.17, 15) is 4.21 Å². The van der Waals surface area contributed by atoms with Gasteiger partial charge in [0.15, 0.2) is 0 Å². The molecule has 1 unspecified atom stereocenters. The second kappa shape index (κ2) is 5.08. The summed E-state index contributed by atoms with van der Waals surface area (Å²) >= 11 is 0. The molecule has 1 aromatic carbocycles. The average molecular weight is 240 g/mol. The lowest BCUT2D eigenvalue weighted by Crippen LogP contribution is -2.32. The second-order valence-electron chi connectivity index (χ2n) is 4.94. The molecule has 0 bridgehead atoms. The van der Waals surface area contributed by atoms with Crippen molar-refractivity contribution in [3.63, 3.8) is 0 Å². The van der Waals surface area contributed by atoms with Crippen LogP contribution in [-0.2, 0) is 16.4 Å². The topological polar surface area (TPSA) is 46.3 Å². The molecule has 90 valence electrons. The van der Waals surface area contributed by atoms with Crippen LogP contribution < -0.4 is 5.14 Å². The van der Waals surface area contributed by atoms with E-state index in [2.05, 4.69) is 32.8 Å². The van der Waals surface area contributed by atoms with Crippen LogP contribution in [0.3, 0.4) is 0 Å². The SMILES string of the molecule is CN(C)CC(C)(C)c1ccc(S(N)=O)cc1. The van der Waals surface area contributed by atoms with Crippen molar-refractivity contribution >= 4 is 11.0 Å². The van der Waals surface area contributed by atoms with E-state index in [4.69, 9.17) is 5.14 Å². The third-order valence-corrected chi connectivity index (χ3v) is 3.32. The van der Waals surface area contributed by atoms with Gasteiger partial charge >= 0.3 is 0 Å². The summed E-state index contributed by atoms with van der Waals surface area (Å²) in [5.41, 5.74) is 1.31. The van der Waals surface area contributed by atoms with Gasteiger partial charge < -0.3 is 4.90 Å². The molecule has 2 N–H and O–H groups in total. The molecule has 0 spiro atoms. The van der Waals surface area contributed by atoms with Crippen molar-refractivity contribution in [3.05, 3.63) is 29.8 Å². The fourth-order valence-corrected chi connectivity index (χ4v) is 2.33. The first-order valence-corrected chi connectivity index (χ1v) is 6.46. The van der Waals surface area contributed by atoms with Crippen molar-refractivity contribution in [2.75, 3.05) is 20.6 Å². The predicted octanol–water partition coefficient (Wildman–Crippen LogP) is 1.51. The highest BCUT2D eigenvalue weighted by molar-refractivity contribution is 7.82. The van der Waals surface area contributed by atoms with E-state index in [0.29, 0.717) is 4.90 Å². The van der Waals surface area contributed by atoms with Crippen molar-refractivity contribution in [2.45, 2.75) is 24.2 Å². The fourth-order valence-electron chi connectivity index (χ4n) is 1.92. The van der Waals surface area contributed by atoms with Crippen molar-refractivity contribution < 1.29 is 4.21 Å². The Morgan fingerprint density at radius 3 is 2.12 bits per heavy atom. The molecule has 3 nitrogen and oxygen atoms in total. The Morgan fingerprint density at radius 2 is 1.75 bits per heavy atom. The molecular formula is C12H20N2OS. The lowest BCUT2D eigenvalue weighted by Gasteiger charge is -2.28. The zero-order chi connectivity index (χ0) is 12.3. The van der Waals surface area contributed by atoms with Gasteiger partial charge in [0.1, 0.15) is 11.0 Å². The van der Waals surface area contributed by atoms with Gasteiger partial charge in [-0.3, -0.25) is 0 Å². The van der Waals surface area contributed by atoms with Crippen LogP contribution in [0.4, 0.5) is 0 Å². The predicted molar refractivity (Wildman–Crippen MR) is 68.6 cm³/mol. The monoisotopic (exact) mass is 240 g/mol. The van der Waals surface area contributed by atoms with Gasteiger partial charge in [-0.15, -0.1) is 0 Å². The fraction of sp³-hybridized carbons (Fsp3) is 0.500. The lowest BCUT2D eigenvalue weighted by molar-refractivity contribution is 0.315. The zero-order valence-electron chi connectivity index (χ0n) is 10.4. The van der Waals surface area contributed by atoms with E-state index in [1.807, 2.05) is 24.3 Å². The first-order valence-electron chi connectivity index (χ1n) is 5.24. The van der Waals surface area contributed by atoms with Gasteiger partial charge in [-0.05, 0) is 31.8 Å². The molecule has 0 heterocycles. The molecule has 0 fully saturated rings. The van der Waals surface area contributed by atoms with Crippen LogP contribution in [0.2, 0.25) is 0 Å².